The van der Waals surface area contributed by atoms with Gasteiger partial charge in [-0.05, 0) is 113 Å². The molecule has 7 heterocycles. The van der Waals surface area contributed by atoms with Crippen LogP contribution in [-0.2, 0) is 40.9 Å². The van der Waals surface area contributed by atoms with E-state index in [4.69, 9.17) is 14.7 Å². The Morgan fingerprint density at radius 3 is 2.52 bits per heavy atom. The summed E-state index contributed by atoms with van der Waals surface area (Å²) in [5.41, 5.74) is 6.30. The highest BCUT2D eigenvalue weighted by molar-refractivity contribution is 7.49. The third kappa shape index (κ3) is 10.2. The fraction of sp³-hybridized carbons (Fsp3) is 0.451. The lowest BCUT2D eigenvalue weighted by Gasteiger charge is -2.48. The van der Waals surface area contributed by atoms with Gasteiger partial charge in [0.25, 0.3) is 11.8 Å². The average molecular weight is 989 g/mol. The van der Waals surface area contributed by atoms with Crippen molar-refractivity contribution in [2.45, 2.75) is 104 Å². The van der Waals surface area contributed by atoms with E-state index in [1.165, 1.54) is 24.4 Å². The molecule has 71 heavy (non-hydrogen) atoms. The second-order valence-corrected chi connectivity index (χ2v) is 21.8. The molecule has 6 N–H and O–H groups in total. The van der Waals surface area contributed by atoms with Crippen molar-refractivity contribution in [1.29, 1.82) is 0 Å². The van der Waals surface area contributed by atoms with Gasteiger partial charge in [-0.3, -0.25) is 19.4 Å². The molecule has 0 spiro atoms. The van der Waals surface area contributed by atoms with E-state index < -0.39 is 13.3 Å². The molecule has 3 aliphatic heterocycles. The maximum Gasteiger partial charge on any atom is 0.401 e. The predicted octanol–water partition coefficient (Wildman–Crippen LogP) is 6.37. The Hall–Kier alpha value is -6.21. The minimum Gasteiger partial charge on any atom is -0.478 e. The number of ether oxygens (including phenoxy) is 1. The molecule has 5 aromatic rings. The summed E-state index contributed by atoms with van der Waals surface area (Å²) in [7, 11) is -2.98. The van der Waals surface area contributed by atoms with Gasteiger partial charge < -0.3 is 44.6 Å². The van der Waals surface area contributed by atoms with Crippen molar-refractivity contribution >= 4 is 54.1 Å². The molecule has 19 nitrogen and oxygen atoms in total. The van der Waals surface area contributed by atoms with Gasteiger partial charge in [-0.1, -0.05) is 26.5 Å². The Morgan fingerprint density at radius 1 is 1.00 bits per heavy atom. The predicted molar refractivity (Wildman–Crippen MR) is 274 cm³/mol. The van der Waals surface area contributed by atoms with Crippen LogP contribution in [0, 0.1) is 5.41 Å². The molecule has 2 fully saturated rings. The van der Waals surface area contributed by atoms with Gasteiger partial charge in [-0.2, -0.15) is 0 Å². The first-order chi connectivity index (χ1) is 33.8. The van der Waals surface area contributed by atoms with Crippen LogP contribution < -0.4 is 35.2 Å². The Labute approximate surface area is 414 Å². The number of carbonyl (C=O) groups is 2. The number of aliphatic hydroxyl groups excluding tert-OH is 1. The smallest absolute Gasteiger partial charge is 0.401 e. The summed E-state index contributed by atoms with van der Waals surface area (Å²) < 4.78 is 19.6. The van der Waals surface area contributed by atoms with Crippen molar-refractivity contribution in [1.82, 2.24) is 34.5 Å². The van der Waals surface area contributed by atoms with Crippen LogP contribution in [0.5, 0.6) is 5.88 Å². The van der Waals surface area contributed by atoms with Gasteiger partial charge in [-0.15, -0.1) is 0 Å². The SMILES string of the molecule is C=CC(=O)Nc1cc(Nc2nc(-c3ccnc(N4CCn5c(cc6c5CC(C)(C)C6)C4=O)c3CO)cnc2OC)ccc1N1CCN(C2CCN(c3cccc(C(C)(C)NP(=O)(O)O)n3)[C@H](C)C2)C[C@@H]1C. The highest BCUT2D eigenvalue weighted by Crippen LogP contribution is 2.42. The van der Waals surface area contributed by atoms with Crippen molar-refractivity contribution in [3.63, 3.8) is 0 Å². The number of piperazine rings is 1. The molecule has 0 saturated carbocycles. The first kappa shape index (κ1) is 49.8. The fourth-order valence-corrected chi connectivity index (χ4v) is 11.9. The zero-order valence-corrected chi connectivity index (χ0v) is 42.4. The number of benzene rings is 1. The number of aromatic nitrogens is 5. The van der Waals surface area contributed by atoms with Crippen LogP contribution in [-0.4, -0.2) is 114 Å². The Bertz CT molecular complexity index is 2920. The first-order valence-electron chi connectivity index (χ1n) is 24.2. The summed E-state index contributed by atoms with van der Waals surface area (Å²) in [4.78, 5) is 74.0. The summed E-state index contributed by atoms with van der Waals surface area (Å²) in [5, 5.41) is 19.7. The molecule has 376 valence electrons. The summed E-state index contributed by atoms with van der Waals surface area (Å²) in [6.07, 6.45) is 8.13. The highest BCUT2D eigenvalue weighted by Gasteiger charge is 2.39. The number of rotatable bonds is 14. The van der Waals surface area contributed by atoms with Crippen LogP contribution >= 0.6 is 7.75 Å². The van der Waals surface area contributed by atoms with Crippen molar-refractivity contribution < 1.29 is 33.8 Å². The number of aliphatic hydroxyl groups is 1. The number of nitrogens with zero attached hydrogens (tertiary/aromatic N) is 9. The Morgan fingerprint density at radius 2 is 1.80 bits per heavy atom. The van der Waals surface area contributed by atoms with Crippen molar-refractivity contribution in [3.05, 3.63) is 102 Å². The minimum atomic E-state index is -4.48. The maximum absolute atomic E-state index is 14.1. The monoisotopic (exact) mass is 988 g/mol. The number of fused-ring (bicyclic) bond motifs is 3. The molecule has 2 amide bonds. The number of piperidine rings is 1. The van der Waals surface area contributed by atoms with Gasteiger partial charge >= 0.3 is 7.75 Å². The second-order valence-electron chi connectivity index (χ2n) is 20.5. The summed E-state index contributed by atoms with van der Waals surface area (Å²) in [6, 6.07) is 15.8. The molecule has 1 unspecified atom stereocenters. The lowest BCUT2D eigenvalue weighted by atomic mass is 9.90. The number of carbonyl (C=O) groups excluding carboxylic acids is 2. The van der Waals surface area contributed by atoms with E-state index in [0.29, 0.717) is 70.4 Å². The van der Waals surface area contributed by atoms with E-state index in [9.17, 15) is 29.0 Å². The zero-order valence-electron chi connectivity index (χ0n) is 41.5. The van der Waals surface area contributed by atoms with Crippen molar-refractivity contribution in [2.75, 3.05) is 65.2 Å². The molecular formula is C51H65N12O7P. The van der Waals surface area contributed by atoms with Gasteiger partial charge in [0, 0.05) is 86.1 Å². The quantitative estimate of drug-likeness (QED) is 0.0525. The third-order valence-corrected chi connectivity index (χ3v) is 15.3. The molecule has 4 aliphatic rings. The number of nitrogens with one attached hydrogen (secondary N) is 3. The molecule has 0 bridgehead atoms. The molecular weight excluding hydrogens is 924 g/mol. The molecule has 1 aliphatic carbocycles. The van der Waals surface area contributed by atoms with Crippen LogP contribution in [0.25, 0.3) is 11.3 Å². The van der Waals surface area contributed by atoms with E-state index in [1.807, 2.05) is 36.4 Å². The summed E-state index contributed by atoms with van der Waals surface area (Å²) in [6.45, 7) is 19.8. The average Bonchev–Trinajstić information content (AvgIpc) is 3.82. The maximum atomic E-state index is 14.1. The van der Waals surface area contributed by atoms with Crippen LogP contribution in [0.4, 0.5) is 34.5 Å². The largest absolute Gasteiger partial charge is 0.478 e. The molecule has 3 atom stereocenters. The van der Waals surface area contributed by atoms with Crippen LogP contribution in [0.15, 0.2) is 73.6 Å². The van der Waals surface area contributed by atoms with Crippen molar-refractivity contribution in [2.24, 2.45) is 5.41 Å². The standard InChI is InChI=1S/C51H65N12O7P/c1-9-45(65)55-38-25-34(13-14-40(38)60-20-19-59(29-32(60)3)35-16-18-61(31(2)23-35)44-12-10-11-43(57-44)51(6,7)58-71(67,68)69)54-46-48(70-8)53-28-39(56-46)36-15-17-52-47(37(36)30-64)63-22-21-62-41(49(63)66)24-33-26-50(4,5)27-42(33)62/h9-15,17,24-25,28,31-32,35,64H,1,16,18-23,26-27,29-30H2,2-8H3,(H,54,56)(H,55,65)(H3,58,67,68,69)/t31-,32+,35?/m1/s1. The van der Waals surface area contributed by atoms with E-state index in [-0.39, 0.29) is 41.8 Å². The molecule has 9 rings (SSSR count). The first-order valence-corrected chi connectivity index (χ1v) is 25.8. The van der Waals surface area contributed by atoms with Gasteiger partial charge in [0.1, 0.15) is 17.3 Å². The topological polar surface area (TPSA) is 227 Å². The Kier molecular flexibility index (Phi) is 13.6. The highest BCUT2D eigenvalue weighted by atomic mass is 31.2. The number of hydrogen-bond acceptors (Lipinski definition) is 13. The molecule has 4 aromatic heterocycles. The van der Waals surface area contributed by atoms with Crippen LogP contribution in [0.2, 0.25) is 0 Å². The normalized spacial score (nSPS) is 20.4. The van der Waals surface area contributed by atoms with Crippen LogP contribution in [0.1, 0.15) is 87.4 Å². The molecule has 20 heteroatoms. The van der Waals surface area contributed by atoms with Gasteiger partial charge in [-0.25, -0.2) is 29.6 Å². The molecule has 0 radical (unpaired) electrons. The van der Waals surface area contributed by atoms with Crippen molar-refractivity contribution in [3.8, 4) is 17.1 Å². The third-order valence-electron chi connectivity index (χ3n) is 14.4. The van der Waals surface area contributed by atoms with E-state index in [2.05, 4.69) is 79.2 Å². The number of pyridine rings is 2. The van der Waals surface area contributed by atoms with Gasteiger partial charge in [0.15, 0.2) is 5.82 Å². The van der Waals surface area contributed by atoms with Crippen LogP contribution in [0.3, 0.4) is 0 Å². The second kappa shape index (κ2) is 19.4. The number of methoxy groups -OCH3 is 1. The number of amides is 2. The Balaban J connectivity index is 0.903. The van der Waals surface area contributed by atoms with E-state index in [1.54, 1.807) is 43.3 Å². The number of anilines is 6. The summed E-state index contributed by atoms with van der Waals surface area (Å²) >= 11 is 0. The lowest BCUT2D eigenvalue weighted by Crippen LogP contribution is -2.58. The zero-order chi connectivity index (χ0) is 50.6. The molecule has 2 saturated heterocycles. The molecule has 1 aromatic carbocycles. The van der Waals surface area contributed by atoms with Gasteiger partial charge in [0.05, 0.1) is 48.2 Å². The van der Waals surface area contributed by atoms with E-state index in [0.717, 1.165) is 63.4 Å². The lowest BCUT2D eigenvalue weighted by molar-refractivity contribution is -0.111. The van der Waals surface area contributed by atoms with E-state index >= 15 is 0 Å². The minimum absolute atomic E-state index is 0.102. The fourth-order valence-electron chi connectivity index (χ4n) is 11.1. The summed E-state index contributed by atoms with van der Waals surface area (Å²) in [5.74, 6) is 1.18. The number of hydrogen-bond donors (Lipinski definition) is 6. The van der Waals surface area contributed by atoms with Gasteiger partial charge in [0.2, 0.25) is 5.91 Å².